The molecule has 0 bridgehead atoms. The number of carbonyl (C=O) groups excluding carboxylic acids is 1. The average molecular weight is 272 g/mol. The molecule has 1 N–H and O–H groups in total. The van der Waals surface area contributed by atoms with Crippen LogP contribution >= 0.6 is 0 Å². The molecule has 20 heavy (non-hydrogen) atoms. The quantitative estimate of drug-likeness (QED) is 0.916. The van der Waals surface area contributed by atoms with Crippen molar-refractivity contribution in [1.82, 2.24) is 10.2 Å². The predicted octanol–water partition coefficient (Wildman–Crippen LogP) is 2.39. The zero-order valence-electron chi connectivity index (χ0n) is 12.2. The number of likely N-dealkylation sites (tertiary alicyclic amines) is 1. The van der Waals surface area contributed by atoms with Crippen LogP contribution in [0, 0.1) is 5.92 Å². The lowest BCUT2D eigenvalue weighted by atomic mass is 9.94. The van der Waals surface area contributed by atoms with E-state index < -0.39 is 0 Å². The zero-order valence-corrected chi connectivity index (χ0v) is 12.2. The smallest absolute Gasteiger partial charge is 0.230 e. The summed E-state index contributed by atoms with van der Waals surface area (Å²) < 4.78 is 0. The maximum absolute atomic E-state index is 12.8. The van der Waals surface area contributed by atoms with Crippen molar-refractivity contribution in [2.24, 2.45) is 5.92 Å². The van der Waals surface area contributed by atoms with Gasteiger partial charge in [-0.05, 0) is 37.3 Å². The molecule has 2 saturated heterocycles. The topological polar surface area (TPSA) is 32.3 Å². The third-order valence-electron chi connectivity index (χ3n) is 4.82. The SMILES string of the molecule is CCC(C(=O)N1CC2CCCNC2C1)c1ccccc1. The first-order valence-corrected chi connectivity index (χ1v) is 7.86. The summed E-state index contributed by atoms with van der Waals surface area (Å²) in [4.78, 5) is 14.9. The standard InChI is InChI=1S/C17H24N2O/c1-2-15(13-7-4-3-5-8-13)17(20)19-11-14-9-6-10-18-16(14)12-19/h3-5,7-8,14-16,18H,2,6,9-12H2,1H3. The van der Waals surface area contributed by atoms with E-state index in [1.54, 1.807) is 0 Å². The van der Waals surface area contributed by atoms with E-state index in [9.17, 15) is 4.79 Å². The first kappa shape index (κ1) is 13.6. The Morgan fingerprint density at radius 1 is 1.35 bits per heavy atom. The van der Waals surface area contributed by atoms with Gasteiger partial charge in [0.05, 0.1) is 5.92 Å². The average Bonchev–Trinajstić information content (AvgIpc) is 2.93. The molecule has 1 aromatic rings. The zero-order chi connectivity index (χ0) is 13.9. The molecule has 3 rings (SSSR count). The fraction of sp³-hybridized carbons (Fsp3) is 0.588. The van der Waals surface area contributed by atoms with Gasteiger partial charge >= 0.3 is 0 Å². The molecule has 3 heteroatoms. The highest BCUT2D eigenvalue weighted by atomic mass is 16.2. The molecule has 0 spiro atoms. The maximum atomic E-state index is 12.8. The van der Waals surface area contributed by atoms with E-state index in [4.69, 9.17) is 0 Å². The predicted molar refractivity (Wildman–Crippen MR) is 80.6 cm³/mol. The number of rotatable bonds is 3. The molecule has 1 aromatic carbocycles. The fourth-order valence-electron chi connectivity index (χ4n) is 3.69. The van der Waals surface area contributed by atoms with Crippen LogP contribution in [0.5, 0.6) is 0 Å². The van der Waals surface area contributed by atoms with Crippen LogP contribution in [-0.4, -0.2) is 36.5 Å². The second-order valence-corrected chi connectivity index (χ2v) is 6.08. The number of amides is 1. The van der Waals surface area contributed by atoms with Gasteiger partial charge in [0.1, 0.15) is 0 Å². The van der Waals surface area contributed by atoms with Crippen LogP contribution in [0.15, 0.2) is 30.3 Å². The molecule has 3 unspecified atom stereocenters. The van der Waals surface area contributed by atoms with E-state index >= 15 is 0 Å². The van der Waals surface area contributed by atoms with Crippen molar-refractivity contribution in [2.45, 2.75) is 38.1 Å². The van der Waals surface area contributed by atoms with Crippen molar-refractivity contribution in [3.63, 3.8) is 0 Å². The van der Waals surface area contributed by atoms with Gasteiger partial charge < -0.3 is 10.2 Å². The number of piperidine rings is 1. The summed E-state index contributed by atoms with van der Waals surface area (Å²) in [6, 6.07) is 10.7. The first-order valence-electron chi connectivity index (χ1n) is 7.86. The van der Waals surface area contributed by atoms with Crippen LogP contribution < -0.4 is 5.32 Å². The first-order chi connectivity index (χ1) is 9.79. The van der Waals surface area contributed by atoms with Crippen LogP contribution in [0.3, 0.4) is 0 Å². The monoisotopic (exact) mass is 272 g/mol. The Kier molecular flexibility index (Phi) is 4.06. The van der Waals surface area contributed by atoms with Crippen molar-refractivity contribution < 1.29 is 4.79 Å². The van der Waals surface area contributed by atoms with E-state index in [0.717, 1.165) is 31.6 Å². The molecule has 2 fully saturated rings. The normalized spacial score (nSPS) is 27.1. The van der Waals surface area contributed by atoms with Gasteiger partial charge in [-0.3, -0.25) is 4.79 Å². The number of nitrogens with one attached hydrogen (secondary N) is 1. The van der Waals surface area contributed by atoms with Crippen LogP contribution in [0.25, 0.3) is 0 Å². The van der Waals surface area contributed by atoms with Gasteiger partial charge in [-0.25, -0.2) is 0 Å². The van der Waals surface area contributed by atoms with E-state index in [1.165, 1.54) is 12.8 Å². The lowest BCUT2D eigenvalue weighted by Gasteiger charge is -2.24. The van der Waals surface area contributed by atoms with Crippen molar-refractivity contribution in [3.05, 3.63) is 35.9 Å². The molecule has 2 heterocycles. The number of nitrogens with zero attached hydrogens (tertiary/aromatic N) is 1. The Morgan fingerprint density at radius 3 is 2.85 bits per heavy atom. The van der Waals surface area contributed by atoms with Crippen molar-refractivity contribution in [3.8, 4) is 0 Å². The second kappa shape index (κ2) is 5.96. The minimum atomic E-state index is 0.0244. The summed E-state index contributed by atoms with van der Waals surface area (Å²) in [5.74, 6) is 1.01. The molecule has 0 saturated carbocycles. The van der Waals surface area contributed by atoms with Crippen LogP contribution in [-0.2, 0) is 4.79 Å². The number of fused-ring (bicyclic) bond motifs is 1. The second-order valence-electron chi connectivity index (χ2n) is 6.08. The summed E-state index contributed by atoms with van der Waals surface area (Å²) in [7, 11) is 0. The van der Waals surface area contributed by atoms with Crippen LogP contribution in [0.4, 0.5) is 0 Å². The molecule has 0 radical (unpaired) electrons. The van der Waals surface area contributed by atoms with Gasteiger partial charge in [-0.2, -0.15) is 0 Å². The highest BCUT2D eigenvalue weighted by molar-refractivity contribution is 5.84. The number of benzene rings is 1. The number of carbonyl (C=O) groups is 1. The molecular weight excluding hydrogens is 248 g/mol. The van der Waals surface area contributed by atoms with Crippen molar-refractivity contribution >= 4 is 5.91 Å². The summed E-state index contributed by atoms with van der Waals surface area (Å²) in [5.41, 5.74) is 1.16. The minimum Gasteiger partial charge on any atom is -0.340 e. The molecule has 108 valence electrons. The lowest BCUT2D eigenvalue weighted by Crippen LogP contribution is -2.41. The Bertz CT molecular complexity index is 445. The Labute approximate surface area is 121 Å². The van der Waals surface area contributed by atoms with E-state index in [1.807, 2.05) is 18.2 Å². The third kappa shape index (κ3) is 2.59. The van der Waals surface area contributed by atoms with Gasteiger partial charge in [0.15, 0.2) is 0 Å². The summed E-state index contributed by atoms with van der Waals surface area (Å²) in [5, 5.41) is 3.57. The Morgan fingerprint density at radius 2 is 2.15 bits per heavy atom. The van der Waals surface area contributed by atoms with Gasteiger partial charge in [0.25, 0.3) is 0 Å². The van der Waals surface area contributed by atoms with Crippen LogP contribution in [0.1, 0.15) is 37.7 Å². The van der Waals surface area contributed by atoms with E-state index in [0.29, 0.717) is 17.9 Å². The molecule has 3 nitrogen and oxygen atoms in total. The fourth-order valence-corrected chi connectivity index (χ4v) is 3.69. The van der Waals surface area contributed by atoms with Crippen LogP contribution in [0.2, 0.25) is 0 Å². The van der Waals surface area contributed by atoms with Crippen molar-refractivity contribution in [1.29, 1.82) is 0 Å². The maximum Gasteiger partial charge on any atom is 0.230 e. The minimum absolute atomic E-state index is 0.0244. The molecule has 0 aliphatic carbocycles. The van der Waals surface area contributed by atoms with Gasteiger partial charge in [-0.1, -0.05) is 37.3 Å². The molecule has 1 amide bonds. The molecule has 3 atom stereocenters. The Balaban J connectivity index is 1.71. The summed E-state index contributed by atoms with van der Waals surface area (Å²) in [6.45, 7) is 5.06. The van der Waals surface area contributed by atoms with Gasteiger partial charge in [0, 0.05) is 19.1 Å². The molecule has 0 aromatic heterocycles. The summed E-state index contributed by atoms with van der Waals surface area (Å²) in [6.07, 6.45) is 3.39. The summed E-state index contributed by atoms with van der Waals surface area (Å²) >= 11 is 0. The largest absolute Gasteiger partial charge is 0.340 e. The van der Waals surface area contributed by atoms with Gasteiger partial charge in [-0.15, -0.1) is 0 Å². The molecule has 2 aliphatic rings. The number of hydrogen-bond donors (Lipinski definition) is 1. The van der Waals surface area contributed by atoms with Crippen molar-refractivity contribution in [2.75, 3.05) is 19.6 Å². The highest BCUT2D eigenvalue weighted by Crippen LogP contribution is 2.29. The third-order valence-corrected chi connectivity index (χ3v) is 4.82. The molecular formula is C17H24N2O. The lowest BCUT2D eigenvalue weighted by molar-refractivity contribution is -0.132. The Hall–Kier alpha value is -1.35. The van der Waals surface area contributed by atoms with E-state index in [-0.39, 0.29) is 5.92 Å². The van der Waals surface area contributed by atoms with Gasteiger partial charge in [0.2, 0.25) is 5.91 Å². The van der Waals surface area contributed by atoms with E-state index in [2.05, 4.69) is 29.3 Å². The molecule has 2 aliphatic heterocycles. The number of hydrogen-bond acceptors (Lipinski definition) is 2. The highest BCUT2D eigenvalue weighted by Gasteiger charge is 2.38.